The molecule has 9 heteroatoms. The van der Waals surface area contributed by atoms with E-state index < -0.39 is 17.3 Å². The highest BCUT2D eigenvalue weighted by Crippen LogP contribution is 2.33. The first kappa shape index (κ1) is 20.7. The highest BCUT2D eigenvalue weighted by molar-refractivity contribution is 5.56. The predicted molar refractivity (Wildman–Crippen MR) is 106 cm³/mol. The fourth-order valence-corrected chi connectivity index (χ4v) is 3.02. The Morgan fingerprint density at radius 3 is 2.43 bits per heavy atom. The van der Waals surface area contributed by atoms with Gasteiger partial charge in [-0.05, 0) is 43.2 Å². The third-order valence-electron chi connectivity index (χ3n) is 4.47. The molecule has 0 aliphatic rings. The van der Waals surface area contributed by atoms with E-state index in [2.05, 4.69) is 16.5 Å². The molecule has 0 bridgehead atoms. The van der Waals surface area contributed by atoms with Crippen LogP contribution in [-0.4, -0.2) is 16.3 Å². The van der Waals surface area contributed by atoms with E-state index in [-0.39, 0.29) is 5.82 Å². The summed E-state index contributed by atoms with van der Waals surface area (Å²) >= 11 is 0. The van der Waals surface area contributed by atoms with Crippen LogP contribution in [0.3, 0.4) is 0 Å². The lowest BCUT2D eigenvalue weighted by atomic mass is 10.1. The zero-order valence-corrected chi connectivity index (χ0v) is 15.7. The minimum absolute atomic E-state index is 0.257. The van der Waals surface area contributed by atoms with Gasteiger partial charge in [0.25, 0.3) is 0 Å². The van der Waals surface area contributed by atoms with Crippen molar-refractivity contribution in [3.05, 3.63) is 70.9 Å². The Hall–Kier alpha value is -3.98. The maximum Gasteiger partial charge on any atom is 0.417 e. The Kier molecular flexibility index (Phi) is 5.93. The molecule has 0 saturated heterocycles. The molecule has 3 aromatic rings. The van der Waals surface area contributed by atoms with Crippen LogP contribution >= 0.6 is 0 Å². The average Bonchev–Trinajstić information content (AvgIpc) is 3.06. The molecule has 1 heterocycles. The molecule has 3 rings (SSSR count). The Morgan fingerprint density at radius 2 is 1.80 bits per heavy atom. The summed E-state index contributed by atoms with van der Waals surface area (Å²) in [7, 11) is 0. The number of anilines is 2. The van der Waals surface area contributed by atoms with E-state index in [1.54, 1.807) is 6.07 Å². The van der Waals surface area contributed by atoms with E-state index in [0.717, 1.165) is 11.8 Å². The molecule has 0 fully saturated rings. The normalized spacial score (nSPS) is 11.0. The summed E-state index contributed by atoms with van der Waals surface area (Å²) in [5.41, 5.74) is 6.67. The van der Waals surface area contributed by atoms with E-state index in [1.807, 2.05) is 30.3 Å². The number of hydrogen-bond donors (Lipinski definition) is 2. The number of rotatable bonds is 6. The van der Waals surface area contributed by atoms with Gasteiger partial charge < -0.3 is 11.1 Å². The van der Waals surface area contributed by atoms with Crippen molar-refractivity contribution in [2.24, 2.45) is 0 Å². The second-order valence-electron chi connectivity index (χ2n) is 6.47. The molecular weight excluding hydrogens is 393 g/mol. The van der Waals surface area contributed by atoms with Crippen molar-refractivity contribution in [3.8, 4) is 17.8 Å². The second kappa shape index (κ2) is 8.58. The summed E-state index contributed by atoms with van der Waals surface area (Å²) < 4.78 is 40.1. The van der Waals surface area contributed by atoms with Crippen molar-refractivity contribution in [2.75, 3.05) is 17.6 Å². The van der Waals surface area contributed by atoms with Crippen LogP contribution in [0.25, 0.3) is 5.69 Å². The monoisotopic (exact) mass is 410 g/mol. The Morgan fingerprint density at radius 1 is 1.07 bits per heavy atom. The zero-order valence-electron chi connectivity index (χ0n) is 15.7. The first-order valence-electron chi connectivity index (χ1n) is 9.03. The van der Waals surface area contributed by atoms with Gasteiger partial charge in [0.05, 0.1) is 28.6 Å². The third kappa shape index (κ3) is 4.36. The minimum atomic E-state index is -4.57. The standard InChI is InChI=1S/C21H17F3N6/c22-21(23,24)18-9-8-15(11-14(18)12-25)28-10-4-7-19-17(13-26)20(27)30(29-19)16-5-2-1-3-6-16/h1-3,5-6,8-9,11,28H,4,7,10,27H2. The SMILES string of the molecule is N#Cc1cc(NCCCc2nn(-c3ccccc3)c(N)c2C#N)ccc1C(F)(F)F. The Bertz CT molecular complexity index is 1120. The van der Waals surface area contributed by atoms with Crippen molar-refractivity contribution < 1.29 is 13.2 Å². The van der Waals surface area contributed by atoms with E-state index in [1.165, 1.54) is 16.8 Å². The summed E-state index contributed by atoms with van der Waals surface area (Å²) in [6.07, 6.45) is -3.57. The van der Waals surface area contributed by atoms with Crippen LogP contribution in [-0.2, 0) is 12.6 Å². The number of nitrogen functional groups attached to an aromatic ring is 1. The van der Waals surface area contributed by atoms with Gasteiger partial charge in [0, 0.05) is 12.2 Å². The lowest BCUT2D eigenvalue weighted by Gasteiger charge is -2.11. The molecule has 0 radical (unpaired) electrons. The van der Waals surface area contributed by atoms with E-state index in [9.17, 15) is 18.4 Å². The van der Waals surface area contributed by atoms with Gasteiger partial charge in [-0.2, -0.15) is 28.8 Å². The number of aryl methyl sites for hydroxylation is 1. The van der Waals surface area contributed by atoms with Gasteiger partial charge in [0.1, 0.15) is 17.5 Å². The molecule has 1 aromatic heterocycles. The molecule has 3 N–H and O–H groups in total. The molecule has 0 aliphatic heterocycles. The maximum atomic E-state index is 12.9. The first-order chi connectivity index (χ1) is 14.3. The van der Waals surface area contributed by atoms with Crippen LogP contribution in [0.15, 0.2) is 48.5 Å². The largest absolute Gasteiger partial charge is 0.417 e. The molecular formula is C21H17F3N6. The van der Waals surface area contributed by atoms with Crippen LogP contribution < -0.4 is 11.1 Å². The van der Waals surface area contributed by atoms with Gasteiger partial charge >= 0.3 is 6.18 Å². The van der Waals surface area contributed by atoms with Crippen LogP contribution in [0.1, 0.15) is 28.8 Å². The van der Waals surface area contributed by atoms with Crippen LogP contribution in [0, 0.1) is 22.7 Å². The fourth-order valence-electron chi connectivity index (χ4n) is 3.02. The molecule has 0 spiro atoms. The molecule has 0 atom stereocenters. The van der Waals surface area contributed by atoms with Crippen LogP contribution in [0.5, 0.6) is 0 Å². The summed E-state index contributed by atoms with van der Waals surface area (Å²) in [6, 6.07) is 16.2. The van der Waals surface area contributed by atoms with Gasteiger partial charge in [0.15, 0.2) is 0 Å². The highest BCUT2D eigenvalue weighted by atomic mass is 19.4. The molecule has 152 valence electrons. The molecule has 6 nitrogen and oxygen atoms in total. The fraction of sp³-hybridized carbons (Fsp3) is 0.190. The maximum absolute atomic E-state index is 12.9. The average molecular weight is 410 g/mol. The molecule has 0 saturated carbocycles. The topological polar surface area (TPSA) is 103 Å². The molecule has 0 unspecified atom stereocenters. The number of nitrogens with zero attached hydrogens (tertiary/aromatic N) is 4. The van der Waals surface area contributed by atoms with E-state index >= 15 is 0 Å². The predicted octanol–water partition coefficient (Wildman–Crippen LogP) is 4.26. The number of nitrogens with one attached hydrogen (secondary N) is 1. The number of para-hydroxylation sites is 1. The van der Waals surface area contributed by atoms with Crippen molar-refractivity contribution >= 4 is 11.5 Å². The Labute approximate surface area is 171 Å². The third-order valence-corrected chi connectivity index (χ3v) is 4.47. The van der Waals surface area contributed by atoms with Gasteiger partial charge in [0.2, 0.25) is 0 Å². The van der Waals surface area contributed by atoms with Gasteiger partial charge in [-0.3, -0.25) is 0 Å². The number of nitrogens with two attached hydrogens (primary N) is 1. The summed E-state index contributed by atoms with van der Waals surface area (Å²) in [4.78, 5) is 0. The summed E-state index contributed by atoms with van der Waals surface area (Å²) in [5, 5.41) is 25.8. The van der Waals surface area contributed by atoms with Crippen molar-refractivity contribution in [2.45, 2.75) is 19.0 Å². The van der Waals surface area contributed by atoms with Crippen molar-refractivity contribution in [1.82, 2.24) is 9.78 Å². The number of aromatic nitrogens is 2. The Balaban J connectivity index is 1.67. The van der Waals surface area contributed by atoms with Gasteiger partial charge in [-0.25, -0.2) is 4.68 Å². The summed E-state index contributed by atoms with van der Waals surface area (Å²) in [6.45, 7) is 0.416. The van der Waals surface area contributed by atoms with Crippen molar-refractivity contribution in [3.63, 3.8) is 0 Å². The lowest BCUT2D eigenvalue weighted by Crippen LogP contribution is -2.09. The zero-order chi connectivity index (χ0) is 21.7. The highest BCUT2D eigenvalue weighted by Gasteiger charge is 2.33. The smallest absolute Gasteiger partial charge is 0.385 e. The molecule has 30 heavy (non-hydrogen) atoms. The van der Waals surface area contributed by atoms with E-state index in [4.69, 9.17) is 11.0 Å². The molecule has 0 aliphatic carbocycles. The van der Waals surface area contributed by atoms with Crippen LogP contribution in [0.4, 0.5) is 24.7 Å². The lowest BCUT2D eigenvalue weighted by molar-refractivity contribution is -0.137. The molecule has 0 amide bonds. The number of benzene rings is 2. The van der Waals surface area contributed by atoms with E-state index in [0.29, 0.717) is 36.3 Å². The van der Waals surface area contributed by atoms with Gasteiger partial charge in [-0.15, -0.1) is 0 Å². The number of alkyl halides is 3. The number of hydrogen-bond acceptors (Lipinski definition) is 5. The second-order valence-corrected chi connectivity index (χ2v) is 6.47. The van der Waals surface area contributed by atoms with Crippen molar-refractivity contribution in [1.29, 1.82) is 10.5 Å². The van der Waals surface area contributed by atoms with Crippen LogP contribution in [0.2, 0.25) is 0 Å². The number of halogens is 3. The van der Waals surface area contributed by atoms with Gasteiger partial charge in [-0.1, -0.05) is 18.2 Å². The first-order valence-corrected chi connectivity index (χ1v) is 9.03. The quantitative estimate of drug-likeness (QED) is 0.591. The number of nitriles is 2. The molecule has 2 aromatic carbocycles. The minimum Gasteiger partial charge on any atom is -0.385 e. The summed E-state index contributed by atoms with van der Waals surface area (Å²) in [5.74, 6) is 0.257.